The molecule has 0 N–H and O–H groups in total. The minimum atomic E-state index is 0. The first-order chi connectivity index (χ1) is 15.1. The summed E-state index contributed by atoms with van der Waals surface area (Å²) in [5.74, 6) is 0. The zero-order valence-corrected chi connectivity index (χ0v) is 23.6. The summed E-state index contributed by atoms with van der Waals surface area (Å²) in [5.41, 5.74) is 11.5. The maximum absolute atomic E-state index is 2.52. The molecule has 0 radical (unpaired) electrons. The Bertz CT molecular complexity index is 646. The van der Waals surface area contributed by atoms with Crippen molar-refractivity contribution in [2.24, 2.45) is 0 Å². The monoisotopic (exact) mass is 480 g/mol. The molecular formula is C31H52Fe. The van der Waals surface area contributed by atoms with Gasteiger partial charge in [0.1, 0.15) is 0 Å². The van der Waals surface area contributed by atoms with Crippen molar-refractivity contribution in [2.75, 3.05) is 0 Å². The first-order valence-electron chi connectivity index (χ1n) is 13.7. The summed E-state index contributed by atoms with van der Waals surface area (Å²) in [7, 11) is 0. The molecule has 0 amide bonds. The van der Waals surface area contributed by atoms with Crippen LogP contribution in [-0.4, -0.2) is 0 Å². The summed E-state index contributed by atoms with van der Waals surface area (Å²) in [5, 5.41) is 0. The standard InChI is InChI=1S/C17H29.C14H23.Fe/c1-5-9-14-13-15(10-6-2)17(12-8-4)16(14)11-7-3;1-4-7-12-10-13(8-5-2)14(11-12)9-6-3;/h13H,5-12H2,1-4H3;10-11H,4-9H2,1-3H3;/q2*-1;+2. The van der Waals surface area contributed by atoms with E-state index < -0.39 is 0 Å². The van der Waals surface area contributed by atoms with Crippen LogP contribution in [0.2, 0.25) is 0 Å². The molecule has 2 rings (SSSR count). The van der Waals surface area contributed by atoms with Crippen LogP contribution in [0.3, 0.4) is 0 Å². The molecule has 0 saturated carbocycles. The van der Waals surface area contributed by atoms with Crippen molar-refractivity contribution >= 4 is 0 Å². The van der Waals surface area contributed by atoms with Gasteiger partial charge in [-0.3, -0.25) is 0 Å². The van der Waals surface area contributed by atoms with Gasteiger partial charge in [0.2, 0.25) is 0 Å². The van der Waals surface area contributed by atoms with Gasteiger partial charge < -0.3 is 0 Å². The van der Waals surface area contributed by atoms with Crippen molar-refractivity contribution in [3.63, 3.8) is 0 Å². The van der Waals surface area contributed by atoms with E-state index in [1.807, 2.05) is 0 Å². The van der Waals surface area contributed by atoms with E-state index >= 15 is 0 Å². The largest absolute Gasteiger partial charge is 2.00 e. The maximum atomic E-state index is 2.52. The molecule has 0 saturated heterocycles. The Hall–Kier alpha value is -0.781. The summed E-state index contributed by atoms with van der Waals surface area (Å²) in [4.78, 5) is 0. The van der Waals surface area contributed by atoms with E-state index in [2.05, 4.69) is 66.7 Å². The normalized spacial score (nSPS) is 10.6. The van der Waals surface area contributed by atoms with Gasteiger partial charge in [-0.25, -0.2) is 6.07 Å². The molecule has 0 unspecified atom stereocenters. The molecule has 0 spiro atoms. The van der Waals surface area contributed by atoms with E-state index in [0.717, 1.165) is 0 Å². The van der Waals surface area contributed by atoms with Crippen LogP contribution in [0.4, 0.5) is 0 Å². The van der Waals surface area contributed by atoms with Gasteiger partial charge in [-0.2, -0.15) is 51.1 Å². The Labute approximate surface area is 212 Å². The fraction of sp³-hybridized carbons (Fsp3) is 0.677. The van der Waals surface area contributed by atoms with E-state index in [4.69, 9.17) is 0 Å². The van der Waals surface area contributed by atoms with Gasteiger partial charge in [0.15, 0.2) is 0 Å². The molecule has 0 atom stereocenters. The summed E-state index contributed by atoms with van der Waals surface area (Å²) in [6.45, 7) is 16.0. The SMILES string of the molecule is CCCc1c[c-](CCC)c(CCC)c1CCC.CCCc1cc(CCC)[c-](CCC)c1.[Fe+2]. The predicted molar refractivity (Wildman–Crippen MR) is 142 cm³/mol. The number of hydrogen-bond donors (Lipinski definition) is 0. The van der Waals surface area contributed by atoms with Crippen LogP contribution in [-0.2, 0) is 62.0 Å². The fourth-order valence-corrected chi connectivity index (χ4v) is 4.99. The van der Waals surface area contributed by atoms with Crippen molar-refractivity contribution in [1.29, 1.82) is 0 Å². The molecule has 32 heavy (non-hydrogen) atoms. The average Bonchev–Trinajstić information content (AvgIpc) is 3.26. The summed E-state index contributed by atoms with van der Waals surface area (Å²) >= 11 is 0. The smallest absolute Gasteiger partial charge is 0.207 e. The molecule has 0 bridgehead atoms. The Morgan fingerprint density at radius 3 is 1.66 bits per heavy atom. The molecule has 0 heterocycles. The van der Waals surface area contributed by atoms with E-state index in [1.165, 1.54) is 89.9 Å². The molecule has 0 aliphatic carbocycles. The van der Waals surface area contributed by atoms with Crippen molar-refractivity contribution in [3.8, 4) is 0 Å². The minimum absolute atomic E-state index is 0. The van der Waals surface area contributed by atoms with Crippen molar-refractivity contribution in [3.05, 3.63) is 57.1 Å². The van der Waals surface area contributed by atoms with Crippen LogP contribution in [0.1, 0.15) is 132 Å². The first-order valence-corrected chi connectivity index (χ1v) is 13.7. The zero-order valence-electron chi connectivity index (χ0n) is 22.5. The van der Waals surface area contributed by atoms with Crippen molar-refractivity contribution in [2.45, 2.75) is 138 Å². The Balaban J connectivity index is 0.000000592. The van der Waals surface area contributed by atoms with Crippen LogP contribution in [0.25, 0.3) is 0 Å². The topological polar surface area (TPSA) is 0 Å². The third-order valence-corrected chi connectivity index (χ3v) is 6.24. The second-order valence-electron chi connectivity index (χ2n) is 9.32. The van der Waals surface area contributed by atoms with E-state index in [1.54, 1.807) is 38.9 Å². The Morgan fingerprint density at radius 1 is 0.562 bits per heavy atom. The third-order valence-electron chi connectivity index (χ3n) is 6.24. The van der Waals surface area contributed by atoms with Gasteiger partial charge in [0.25, 0.3) is 0 Å². The van der Waals surface area contributed by atoms with Crippen LogP contribution >= 0.6 is 0 Å². The summed E-state index contributed by atoms with van der Waals surface area (Å²) < 4.78 is 0. The van der Waals surface area contributed by atoms with E-state index in [0.29, 0.717) is 0 Å². The number of rotatable bonds is 14. The first kappa shape index (κ1) is 31.2. The second-order valence-corrected chi connectivity index (χ2v) is 9.32. The van der Waals surface area contributed by atoms with E-state index in [-0.39, 0.29) is 17.1 Å². The zero-order chi connectivity index (χ0) is 23.1. The molecule has 2 aromatic carbocycles. The Kier molecular flexibility index (Phi) is 18.2. The molecule has 0 nitrogen and oxygen atoms in total. The van der Waals surface area contributed by atoms with Crippen molar-refractivity contribution < 1.29 is 17.1 Å². The average molecular weight is 481 g/mol. The number of hydrogen-bond acceptors (Lipinski definition) is 0. The Morgan fingerprint density at radius 2 is 1.12 bits per heavy atom. The van der Waals surface area contributed by atoms with Crippen LogP contribution in [0.5, 0.6) is 0 Å². The molecule has 0 aromatic heterocycles. The van der Waals surface area contributed by atoms with Gasteiger partial charge in [0.05, 0.1) is 0 Å². The van der Waals surface area contributed by atoms with Crippen LogP contribution < -0.4 is 0 Å². The van der Waals surface area contributed by atoms with Gasteiger partial charge in [0, 0.05) is 0 Å². The maximum Gasteiger partial charge on any atom is 2.00 e. The summed E-state index contributed by atoms with van der Waals surface area (Å²) in [6, 6.07) is 7.37. The predicted octanol–water partition coefficient (Wildman–Crippen LogP) is 9.48. The second kappa shape index (κ2) is 18.6. The van der Waals surface area contributed by atoms with Crippen LogP contribution in [0, 0.1) is 0 Å². The molecule has 184 valence electrons. The van der Waals surface area contributed by atoms with Gasteiger partial charge in [-0.05, 0) is 0 Å². The van der Waals surface area contributed by atoms with Crippen molar-refractivity contribution in [1.82, 2.24) is 0 Å². The molecule has 0 fully saturated rings. The van der Waals surface area contributed by atoms with Gasteiger partial charge >= 0.3 is 17.1 Å². The quantitative estimate of drug-likeness (QED) is 0.187. The fourth-order valence-electron chi connectivity index (χ4n) is 4.99. The number of aryl methyl sites for hydroxylation is 5. The van der Waals surface area contributed by atoms with E-state index in [9.17, 15) is 0 Å². The van der Waals surface area contributed by atoms with Crippen LogP contribution in [0.15, 0.2) is 18.2 Å². The molecular weight excluding hydrogens is 428 g/mol. The summed E-state index contributed by atoms with van der Waals surface area (Å²) in [6.07, 6.45) is 17.8. The van der Waals surface area contributed by atoms with Gasteiger partial charge in [-0.1, -0.05) is 138 Å². The molecule has 1 heteroatoms. The van der Waals surface area contributed by atoms with Gasteiger partial charge in [-0.15, -0.1) is 0 Å². The third kappa shape index (κ3) is 10.0. The minimum Gasteiger partial charge on any atom is -0.207 e. The molecule has 0 aliphatic rings. The molecule has 2 aromatic rings. The molecule has 0 aliphatic heterocycles.